The molecule has 1 aromatic rings. The summed E-state index contributed by atoms with van der Waals surface area (Å²) in [5, 5.41) is 0. The summed E-state index contributed by atoms with van der Waals surface area (Å²) < 4.78 is 5.66. The third kappa shape index (κ3) is 4.75. The van der Waals surface area contributed by atoms with Crippen molar-refractivity contribution in [2.75, 3.05) is 26.2 Å². The number of aromatic nitrogens is 2. The van der Waals surface area contributed by atoms with Gasteiger partial charge in [-0.1, -0.05) is 27.2 Å². The van der Waals surface area contributed by atoms with E-state index in [1.165, 1.54) is 32.4 Å². The molecule has 1 aliphatic rings. The first-order valence-electron chi connectivity index (χ1n) is 7.73. The Morgan fingerprint density at radius 2 is 1.85 bits per heavy atom. The van der Waals surface area contributed by atoms with Crippen LogP contribution < -0.4 is 4.74 Å². The summed E-state index contributed by atoms with van der Waals surface area (Å²) in [7, 11) is 0. The smallest absolute Gasteiger partial charge is 0.232 e. The maximum atomic E-state index is 5.66. The van der Waals surface area contributed by atoms with Gasteiger partial charge in [0.05, 0.1) is 24.7 Å². The molecule has 20 heavy (non-hydrogen) atoms. The Morgan fingerprint density at radius 3 is 2.45 bits per heavy atom. The van der Waals surface area contributed by atoms with Crippen LogP contribution in [0.3, 0.4) is 0 Å². The van der Waals surface area contributed by atoms with Crippen LogP contribution in [0.5, 0.6) is 5.88 Å². The molecule has 112 valence electrons. The molecule has 1 fully saturated rings. The molecule has 2 heterocycles. The van der Waals surface area contributed by atoms with Crippen molar-refractivity contribution in [3.05, 3.63) is 18.1 Å². The largest absolute Gasteiger partial charge is 0.477 e. The quantitative estimate of drug-likeness (QED) is 0.775. The zero-order valence-corrected chi connectivity index (χ0v) is 13.1. The van der Waals surface area contributed by atoms with Gasteiger partial charge in [0.1, 0.15) is 0 Å². The molecule has 4 nitrogen and oxygen atoms in total. The van der Waals surface area contributed by atoms with Crippen LogP contribution in [-0.4, -0.2) is 41.1 Å². The molecule has 4 heteroatoms. The van der Waals surface area contributed by atoms with Gasteiger partial charge < -0.3 is 9.64 Å². The summed E-state index contributed by atoms with van der Waals surface area (Å²) in [5.74, 6) is 0.636. The summed E-state index contributed by atoms with van der Waals surface area (Å²) >= 11 is 0. The lowest BCUT2D eigenvalue weighted by atomic mass is 9.93. The van der Waals surface area contributed by atoms with Crippen molar-refractivity contribution in [2.45, 2.75) is 51.9 Å². The Morgan fingerprint density at radius 1 is 1.10 bits per heavy atom. The van der Waals surface area contributed by atoms with E-state index in [0.29, 0.717) is 5.88 Å². The Labute approximate surface area is 122 Å². The molecule has 0 radical (unpaired) electrons. The number of nitrogens with zero attached hydrogens (tertiary/aromatic N) is 3. The van der Waals surface area contributed by atoms with Gasteiger partial charge in [-0.25, -0.2) is 4.98 Å². The predicted molar refractivity (Wildman–Crippen MR) is 81.1 cm³/mol. The van der Waals surface area contributed by atoms with Gasteiger partial charge >= 0.3 is 0 Å². The Kier molecular flexibility index (Phi) is 5.35. The summed E-state index contributed by atoms with van der Waals surface area (Å²) in [6.07, 6.45) is 8.70. The summed E-state index contributed by atoms with van der Waals surface area (Å²) in [6, 6.07) is 0. The molecule has 1 aromatic heterocycles. The Bertz CT molecular complexity index is 391. The summed E-state index contributed by atoms with van der Waals surface area (Å²) in [5.41, 5.74) is 1.04. The molecule has 0 saturated carbocycles. The van der Waals surface area contributed by atoms with E-state index in [4.69, 9.17) is 4.74 Å². The first-order chi connectivity index (χ1) is 9.55. The van der Waals surface area contributed by atoms with E-state index in [-0.39, 0.29) is 5.41 Å². The number of likely N-dealkylation sites (tertiary alicyclic amines) is 1. The number of hydrogen-bond acceptors (Lipinski definition) is 4. The van der Waals surface area contributed by atoms with E-state index in [2.05, 4.69) is 35.6 Å². The minimum Gasteiger partial charge on any atom is -0.477 e. The van der Waals surface area contributed by atoms with Gasteiger partial charge in [-0.3, -0.25) is 4.98 Å². The molecule has 0 atom stereocenters. The van der Waals surface area contributed by atoms with Crippen LogP contribution in [0.25, 0.3) is 0 Å². The second kappa shape index (κ2) is 7.02. The second-order valence-electron chi connectivity index (χ2n) is 6.59. The molecule has 0 bridgehead atoms. The maximum absolute atomic E-state index is 5.66. The standard InChI is InChI=1S/C16H27N3O/c1-16(2,3)14-12-18-15(13-17-14)20-11-7-10-19-8-5-4-6-9-19/h12-13H,4-11H2,1-3H3. The van der Waals surface area contributed by atoms with Crippen molar-refractivity contribution < 1.29 is 4.74 Å². The molecule has 1 aliphatic heterocycles. The SMILES string of the molecule is CC(C)(C)c1cnc(OCCCN2CCCCC2)cn1. The highest BCUT2D eigenvalue weighted by Crippen LogP contribution is 2.19. The first-order valence-corrected chi connectivity index (χ1v) is 7.73. The number of piperidine rings is 1. The number of rotatable bonds is 5. The van der Waals surface area contributed by atoms with Gasteiger partial charge in [-0.2, -0.15) is 0 Å². The van der Waals surface area contributed by atoms with Gasteiger partial charge in [0.2, 0.25) is 5.88 Å². The van der Waals surface area contributed by atoms with Crippen LogP contribution in [0.15, 0.2) is 12.4 Å². The normalized spacial score (nSPS) is 17.1. The highest BCUT2D eigenvalue weighted by atomic mass is 16.5. The van der Waals surface area contributed by atoms with E-state index < -0.39 is 0 Å². The van der Waals surface area contributed by atoms with E-state index in [9.17, 15) is 0 Å². The number of hydrogen-bond donors (Lipinski definition) is 0. The van der Waals surface area contributed by atoms with Gasteiger partial charge in [-0.15, -0.1) is 0 Å². The van der Waals surface area contributed by atoms with Crippen molar-refractivity contribution in [1.82, 2.24) is 14.9 Å². The van der Waals surface area contributed by atoms with Crippen LogP contribution in [-0.2, 0) is 5.41 Å². The third-order valence-electron chi connectivity index (χ3n) is 3.71. The highest BCUT2D eigenvalue weighted by molar-refractivity contribution is 5.13. The Balaban J connectivity index is 1.68. The maximum Gasteiger partial charge on any atom is 0.232 e. The molecule has 0 N–H and O–H groups in total. The fraction of sp³-hybridized carbons (Fsp3) is 0.750. The first kappa shape index (κ1) is 15.2. The van der Waals surface area contributed by atoms with Crippen molar-refractivity contribution in [3.8, 4) is 5.88 Å². The van der Waals surface area contributed by atoms with Crippen molar-refractivity contribution in [2.24, 2.45) is 0 Å². The van der Waals surface area contributed by atoms with E-state index >= 15 is 0 Å². The minimum atomic E-state index is 0.0415. The number of ether oxygens (including phenoxy) is 1. The Hall–Kier alpha value is -1.16. The topological polar surface area (TPSA) is 38.2 Å². The fourth-order valence-electron chi connectivity index (χ4n) is 2.43. The van der Waals surface area contributed by atoms with Gasteiger partial charge in [0.25, 0.3) is 0 Å². The predicted octanol–water partition coefficient (Wildman–Crippen LogP) is 3.03. The molecule has 0 aromatic carbocycles. The van der Waals surface area contributed by atoms with Crippen LogP contribution in [0.2, 0.25) is 0 Å². The molecular formula is C16H27N3O. The summed E-state index contributed by atoms with van der Waals surface area (Å²) in [4.78, 5) is 11.3. The molecule has 0 amide bonds. The highest BCUT2D eigenvalue weighted by Gasteiger charge is 2.15. The van der Waals surface area contributed by atoms with Gasteiger partial charge in [-0.05, 0) is 32.4 Å². The minimum absolute atomic E-state index is 0.0415. The van der Waals surface area contributed by atoms with Crippen LogP contribution in [0.4, 0.5) is 0 Å². The molecule has 0 spiro atoms. The monoisotopic (exact) mass is 277 g/mol. The fourth-order valence-corrected chi connectivity index (χ4v) is 2.43. The van der Waals surface area contributed by atoms with Crippen molar-refractivity contribution in [3.63, 3.8) is 0 Å². The summed E-state index contributed by atoms with van der Waals surface area (Å²) in [6.45, 7) is 10.8. The average molecular weight is 277 g/mol. The van der Waals surface area contributed by atoms with Crippen LogP contribution in [0.1, 0.15) is 52.1 Å². The van der Waals surface area contributed by atoms with Crippen molar-refractivity contribution in [1.29, 1.82) is 0 Å². The van der Waals surface area contributed by atoms with Crippen LogP contribution >= 0.6 is 0 Å². The molecule has 0 unspecified atom stereocenters. The lowest BCUT2D eigenvalue weighted by Gasteiger charge is -2.26. The molecule has 2 rings (SSSR count). The second-order valence-corrected chi connectivity index (χ2v) is 6.59. The van der Waals surface area contributed by atoms with E-state index in [1.807, 2.05) is 6.20 Å². The zero-order chi connectivity index (χ0) is 14.4. The van der Waals surface area contributed by atoms with Crippen LogP contribution in [0, 0.1) is 0 Å². The molecule has 0 aliphatic carbocycles. The lowest BCUT2D eigenvalue weighted by molar-refractivity contribution is 0.202. The lowest BCUT2D eigenvalue weighted by Crippen LogP contribution is -2.31. The molecule has 1 saturated heterocycles. The van der Waals surface area contributed by atoms with Crippen molar-refractivity contribution >= 4 is 0 Å². The average Bonchev–Trinajstić information content (AvgIpc) is 2.44. The third-order valence-corrected chi connectivity index (χ3v) is 3.71. The van der Waals surface area contributed by atoms with Gasteiger partial charge in [0, 0.05) is 12.0 Å². The zero-order valence-electron chi connectivity index (χ0n) is 13.1. The molecular weight excluding hydrogens is 250 g/mol. The van der Waals surface area contributed by atoms with Gasteiger partial charge in [0.15, 0.2) is 0 Å². The van der Waals surface area contributed by atoms with E-state index in [0.717, 1.165) is 25.3 Å². The van der Waals surface area contributed by atoms with E-state index in [1.54, 1.807) is 6.20 Å².